The van der Waals surface area contributed by atoms with Crippen LogP contribution in [0.25, 0.3) is 0 Å². The number of aliphatic hydroxyl groups is 1. The molecule has 0 spiro atoms. The van der Waals surface area contributed by atoms with Gasteiger partial charge in [-0.25, -0.2) is 0 Å². The Hall–Kier alpha value is -0.570. The minimum Gasteiger partial charge on any atom is -0.463 e. The molecule has 3 nitrogen and oxygen atoms in total. The topological polar surface area (TPSA) is 46.5 Å². The van der Waals surface area contributed by atoms with Crippen LogP contribution in [0.1, 0.15) is 91.9 Å². The van der Waals surface area contributed by atoms with Gasteiger partial charge >= 0.3 is 5.97 Å². The third-order valence-corrected chi connectivity index (χ3v) is 9.85. The van der Waals surface area contributed by atoms with Crippen LogP contribution >= 0.6 is 0 Å². The Bertz CT molecular complexity index is 572. The average Bonchev–Trinajstić information content (AvgIpc) is 2.60. The Kier molecular flexibility index (Phi) is 5.15. The number of fused-ring (bicyclic) bond motifs is 5. The van der Waals surface area contributed by atoms with Crippen molar-refractivity contribution in [3.05, 3.63) is 0 Å². The van der Waals surface area contributed by atoms with E-state index in [9.17, 15) is 9.90 Å². The van der Waals surface area contributed by atoms with Gasteiger partial charge in [0.05, 0.1) is 6.10 Å². The number of rotatable bonds is 2. The molecule has 3 heteroatoms. The number of hydrogen-bond donors (Lipinski definition) is 1. The highest BCUT2D eigenvalue weighted by Gasteiger charge is 2.59. The molecule has 0 bridgehead atoms. The molecule has 4 aliphatic carbocycles. The van der Waals surface area contributed by atoms with E-state index in [4.69, 9.17) is 4.74 Å². The van der Waals surface area contributed by atoms with E-state index in [1.165, 1.54) is 51.4 Å². The maximum atomic E-state index is 11.4. The third-order valence-electron chi connectivity index (χ3n) is 9.85. The van der Waals surface area contributed by atoms with Crippen LogP contribution in [0.4, 0.5) is 0 Å². The second-order valence-corrected chi connectivity index (χ2v) is 11.0. The summed E-state index contributed by atoms with van der Waals surface area (Å²) in [5, 5.41) is 10.5. The van der Waals surface area contributed by atoms with E-state index in [-0.39, 0.29) is 18.2 Å². The van der Waals surface area contributed by atoms with Crippen LogP contribution in [0.2, 0.25) is 0 Å². The van der Waals surface area contributed by atoms with E-state index >= 15 is 0 Å². The number of esters is 1. The molecule has 154 valence electrons. The van der Waals surface area contributed by atoms with Gasteiger partial charge in [-0.3, -0.25) is 4.79 Å². The van der Waals surface area contributed by atoms with E-state index in [0.29, 0.717) is 16.7 Å². The molecule has 0 radical (unpaired) electrons. The quantitative estimate of drug-likeness (QED) is 0.661. The molecule has 4 fully saturated rings. The predicted octanol–water partition coefficient (Wildman–Crippen LogP) is 5.35. The average molecular weight is 377 g/mol. The van der Waals surface area contributed by atoms with Crippen molar-refractivity contribution in [2.45, 2.75) is 104 Å². The van der Waals surface area contributed by atoms with E-state index in [1.54, 1.807) is 6.92 Å². The van der Waals surface area contributed by atoms with Crippen molar-refractivity contribution in [2.24, 2.45) is 40.4 Å². The van der Waals surface area contributed by atoms with Crippen LogP contribution in [0, 0.1) is 40.4 Å². The molecule has 4 saturated carbocycles. The maximum Gasteiger partial charge on any atom is 0.302 e. The summed E-state index contributed by atoms with van der Waals surface area (Å²) in [7, 11) is 0. The lowest BCUT2D eigenvalue weighted by Crippen LogP contribution is -2.57. The predicted molar refractivity (Wildman–Crippen MR) is 107 cm³/mol. The first-order chi connectivity index (χ1) is 12.8. The van der Waals surface area contributed by atoms with Gasteiger partial charge < -0.3 is 9.84 Å². The first-order valence-corrected chi connectivity index (χ1v) is 11.6. The number of carbonyl (C=O) groups is 1. The van der Waals surface area contributed by atoms with Crippen molar-refractivity contribution in [2.75, 3.05) is 0 Å². The molecule has 0 aliphatic heterocycles. The van der Waals surface area contributed by atoms with Crippen molar-refractivity contribution < 1.29 is 14.6 Å². The molecular weight excluding hydrogens is 336 g/mol. The van der Waals surface area contributed by atoms with Crippen LogP contribution in [0.3, 0.4) is 0 Å². The molecule has 9 atom stereocenters. The minimum absolute atomic E-state index is 0.114. The number of carbonyl (C=O) groups excluding carboxylic acids is 1. The number of hydrogen-bond acceptors (Lipinski definition) is 3. The Morgan fingerprint density at radius 1 is 1.00 bits per heavy atom. The fourth-order valence-corrected chi connectivity index (χ4v) is 8.59. The molecule has 0 aromatic heterocycles. The summed E-state index contributed by atoms with van der Waals surface area (Å²) in [4.78, 5) is 11.4. The normalized spacial score (nSPS) is 50.7. The van der Waals surface area contributed by atoms with Crippen molar-refractivity contribution in [3.8, 4) is 0 Å². The molecule has 9 unspecified atom stereocenters. The SMILES string of the molecule is CC(=O)OC1CCC2(C)C(CCC3C2CCC2(C)C(C(C)O)CCCC32)C1. The standard InChI is InChI=1S/C24H40O3/c1-15(25)20-6-5-7-21-19-9-8-17-14-18(27-16(2)26)10-12-23(17,3)22(19)11-13-24(20,21)4/h15,17-22,25H,5-14H2,1-4H3. The van der Waals surface area contributed by atoms with Gasteiger partial charge in [0.25, 0.3) is 0 Å². The summed E-state index contributed by atoms with van der Waals surface area (Å²) < 4.78 is 5.60. The largest absolute Gasteiger partial charge is 0.463 e. The van der Waals surface area contributed by atoms with Crippen molar-refractivity contribution in [1.29, 1.82) is 0 Å². The summed E-state index contributed by atoms with van der Waals surface area (Å²) in [5.41, 5.74) is 0.768. The zero-order chi connectivity index (χ0) is 19.4. The van der Waals surface area contributed by atoms with Crippen molar-refractivity contribution >= 4 is 5.97 Å². The molecule has 0 amide bonds. The summed E-state index contributed by atoms with van der Waals surface area (Å²) in [6, 6.07) is 0. The summed E-state index contributed by atoms with van der Waals surface area (Å²) >= 11 is 0. The summed E-state index contributed by atoms with van der Waals surface area (Å²) in [5.74, 6) is 3.57. The van der Waals surface area contributed by atoms with Crippen LogP contribution in [-0.2, 0) is 9.53 Å². The van der Waals surface area contributed by atoms with Crippen LogP contribution in [-0.4, -0.2) is 23.3 Å². The molecule has 4 aliphatic rings. The lowest BCUT2D eigenvalue weighted by molar-refractivity contribution is -0.172. The minimum atomic E-state index is -0.166. The molecule has 0 aromatic carbocycles. The molecule has 1 N–H and O–H groups in total. The van der Waals surface area contributed by atoms with Gasteiger partial charge in [-0.15, -0.1) is 0 Å². The lowest BCUT2D eigenvalue weighted by Gasteiger charge is -2.64. The fourth-order valence-electron chi connectivity index (χ4n) is 8.59. The smallest absolute Gasteiger partial charge is 0.302 e. The zero-order valence-corrected chi connectivity index (χ0v) is 17.9. The van der Waals surface area contributed by atoms with Crippen LogP contribution < -0.4 is 0 Å². The maximum absolute atomic E-state index is 11.4. The molecule has 0 aromatic rings. The molecule has 4 rings (SSSR count). The van der Waals surface area contributed by atoms with Crippen molar-refractivity contribution in [1.82, 2.24) is 0 Å². The highest BCUT2D eigenvalue weighted by molar-refractivity contribution is 5.66. The van der Waals surface area contributed by atoms with Gasteiger partial charge in [-0.2, -0.15) is 0 Å². The third kappa shape index (κ3) is 3.16. The molecular formula is C24H40O3. The molecule has 0 heterocycles. The van der Waals surface area contributed by atoms with E-state index < -0.39 is 0 Å². The van der Waals surface area contributed by atoms with Gasteiger partial charge in [-0.05, 0) is 105 Å². The Labute approximate surface area is 165 Å². The summed E-state index contributed by atoms with van der Waals surface area (Å²) in [6.07, 6.45) is 12.5. The first kappa shape index (κ1) is 19.7. The Morgan fingerprint density at radius 3 is 2.41 bits per heavy atom. The Balaban J connectivity index is 1.54. The van der Waals surface area contributed by atoms with Gasteiger partial charge in [0, 0.05) is 6.92 Å². The van der Waals surface area contributed by atoms with E-state index in [2.05, 4.69) is 13.8 Å². The highest BCUT2D eigenvalue weighted by atomic mass is 16.5. The van der Waals surface area contributed by atoms with Gasteiger partial charge in [0.1, 0.15) is 6.10 Å². The second-order valence-electron chi connectivity index (χ2n) is 11.0. The Morgan fingerprint density at radius 2 is 1.70 bits per heavy atom. The summed E-state index contributed by atoms with van der Waals surface area (Å²) in [6.45, 7) is 8.65. The van der Waals surface area contributed by atoms with Gasteiger partial charge in [-0.1, -0.05) is 20.3 Å². The van der Waals surface area contributed by atoms with Gasteiger partial charge in [0.15, 0.2) is 0 Å². The van der Waals surface area contributed by atoms with Gasteiger partial charge in [0.2, 0.25) is 0 Å². The number of ether oxygens (including phenoxy) is 1. The second kappa shape index (κ2) is 7.04. The first-order valence-electron chi connectivity index (χ1n) is 11.6. The monoisotopic (exact) mass is 376 g/mol. The highest BCUT2D eigenvalue weighted by Crippen LogP contribution is 2.66. The van der Waals surface area contributed by atoms with Crippen LogP contribution in [0.15, 0.2) is 0 Å². The van der Waals surface area contributed by atoms with Crippen LogP contribution in [0.5, 0.6) is 0 Å². The van der Waals surface area contributed by atoms with E-state index in [0.717, 1.165) is 36.5 Å². The number of aliphatic hydroxyl groups excluding tert-OH is 1. The molecule has 0 saturated heterocycles. The lowest BCUT2D eigenvalue weighted by atomic mass is 9.41. The fraction of sp³-hybridized carbons (Fsp3) is 0.958. The molecule has 27 heavy (non-hydrogen) atoms. The zero-order valence-electron chi connectivity index (χ0n) is 17.9. The van der Waals surface area contributed by atoms with E-state index in [1.807, 2.05) is 6.92 Å². The van der Waals surface area contributed by atoms with Crippen molar-refractivity contribution in [3.63, 3.8) is 0 Å².